The Morgan fingerprint density at radius 2 is 1.62 bits per heavy atom. The minimum atomic E-state index is -3.08. The first-order chi connectivity index (χ1) is 7.20. The van der Waals surface area contributed by atoms with Crippen LogP contribution in [0.25, 0.3) is 0 Å². The van der Waals surface area contributed by atoms with Crippen molar-refractivity contribution in [1.82, 2.24) is 0 Å². The molecule has 0 amide bonds. The van der Waals surface area contributed by atoms with Crippen LogP contribution in [0.4, 0.5) is 0 Å². The van der Waals surface area contributed by atoms with Gasteiger partial charge in [-0.25, -0.2) is 8.42 Å². The van der Waals surface area contributed by atoms with Gasteiger partial charge in [-0.05, 0) is 33.6 Å². The SMILES string of the molecule is CC(C)(C)S(=O)(=O)CCCC(=O)CCCBr. The van der Waals surface area contributed by atoms with E-state index in [0.717, 1.165) is 11.8 Å². The number of alkyl halides is 1. The molecule has 0 saturated carbocycles. The van der Waals surface area contributed by atoms with Crippen molar-refractivity contribution in [2.45, 2.75) is 51.2 Å². The van der Waals surface area contributed by atoms with E-state index in [2.05, 4.69) is 15.9 Å². The predicted octanol–water partition coefficient (Wildman–Crippen LogP) is 2.72. The van der Waals surface area contributed by atoms with Crippen LogP contribution in [-0.4, -0.2) is 30.0 Å². The lowest BCUT2D eigenvalue weighted by Crippen LogP contribution is -2.30. The summed E-state index contributed by atoms with van der Waals surface area (Å²) < 4.78 is 22.7. The van der Waals surface area contributed by atoms with Gasteiger partial charge in [0.05, 0.1) is 10.5 Å². The van der Waals surface area contributed by atoms with E-state index >= 15 is 0 Å². The van der Waals surface area contributed by atoms with Crippen LogP contribution in [0.1, 0.15) is 46.5 Å². The van der Waals surface area contributed by atoms with Crippen LogP contribution in [-0.2, 0) is 14.6 Å². The highest BCUT2D eigenvalue weighted by Gasteiger charge is 2.28. The highest BCUT2D eigenvalue weighted by atomic mass is 79.9. The zero-order chi connectivity index (χ0) is 12.8. The van der Waals surface area contributed by atoms with Crippen LogP contribution in [0.5, 0.6) is 0 Å². The van der Waals surface area contributed by atoms with Crippen molar-refractivity contribution in [2.24, 2.45) is 0 Å². The third-order valence-electron chi connectivity index (χ3n) is 2.39. The van der Waals surface area contributed by atoms with Gasteiger partial charge in [-0.1, -0.05) is 15.9 Å². The Kier molecular flexibility index (Phi) is 6.79. The first kappa shape index (κ1) is 16.1. The maximum absolute atomic E-state index is 11.7. The number of sulfone groups is 1. The molecular formula is C11H21BrO3S. The van der Waals surface area contributed by atoms with Gasteiger partial charge in [0.2, 0.25) is 0 Å². The molecule has 16 heavy (non-hydrogen) atoms. The molecule has 0 aromatic carbocycles. The van der Waals surface area contributed by atoms with Crippen molar-refractivity contribution in [2.75, 3.05) is 11.1 Å². The van der Waals surface area contributed by atoms with E-state index in [4.69, 9.17) is 0 Å². The molecule has 0 saturated heterocycles. The summed E-state index contributed by atoms with van der Waals surface area (Å²) in [6.07, 6.45) is 2.19. The van der Waals surface area contributed by atoms with Gasteiger partial charge >= 0.3 is 0 Å². The quantitative estimate of drug-likeness (QED) is 0.679. The summed E-state index contributed by atoms with van der Waals surface area (Å²) in [6, 6.07) is 0. The Labute approximate surface area is 107 Å². The molecule has 3 nitrogen and oxygen atoms in total. The number of rotatable bonds is 7. The Bertz CT molecular complexity index is 315. The Morgan fingerprint density at radius 1 is 1.12 bits per heavy atom. The third-order valence-corrected chi connectivity index (χ3v) is 5.64. The van der Waals surface area contributed by atoms with Crippen LogP contribution in [0.2, 0.25) is 0 Å². The van der Waals surface area contributed by atoms with Gasteiger partial charge in [0.1, 0.15) is 5.78 Å². The second-order valence-corrected chi connectivity index (χ2v) is 8.52. The molecule has 0 bridgehead atoms. The topological polar surface area (TPSA) is 51.2 Å². The second-order valence-electron chi connectivity index (χ2n) is 4.87. The molecule has 0 aliphatic rings. The van der Waals surface area contributed by atoms with Crippen LogP contribution < -0.4 is 0 Å². The van der Waals surface area contributed by atoms with E-state index in [1.165, 1.54) is 0 Å². The molecule has 0 spiro atoms. The molecule has 0 heterocycles. The summed E-state index contributed by atoms with van der Waals surface area (Å²) in [4.78, 5) is 11.3. The lowest BCUT2D eigenvalue weighted by atomic mass is 10.1. The summed E-state index contributed by atoms with van der Waals surface area (Å²) in [7, 11) is -3.08. The van der Waals surface area contributed by atoms with Gasteiger partial charge in [-0.2, -0.15) is 0 Å². The molecule has 0 rings (SSSR count). The number of carbonyl (C=O) groups excluding carboxylic acids is 1. The van der Waals surface area contributed by atoms with E-state index in [0.29, 0.717) is 19.3 Å². The third kappa shape index (κ3) is 5.99. The summed E-state index contributed by atoms with van der Waals surface area (Å²) in [5, 5.41) is 0.818. The lowest BCUT2D eigenvalue weighted by Gasteiger charge is -2.18. The smallest absolute Gasteiger partial charge is 0.155 e. The second kappa shape index (κ2) is 6.74. The number of hydrogen-bond donors (Lipinski definition) is 0. The van der Waals surface area contributed by atoms with Crippen molar-refractivity contribution in [1.29, 1.82) is 0 Å². The zero-order valence-corrected chi connectivity index (χ0v) is 12.7. The average molecular weight is 313 g/mol. The fraction of sp³-hybridized carbons (Fsp3) is 0.909. The van der Waals surface area contributed by atoms with Crippen molar-refractivity contribution < 1.29 is 13.2 Å². The highest BCUT2D eigenvalue weighted by Crippen LogP contribution is 2.17. The molecule has 5 heteroatoms. The molecule has 0 aromatic heterocycles. The maximum Gasteiger partial charge on any atom is 0.155 e. The average Bonchev–Trinajstić information content (AvgIpc) is 2.12. The van der Waals surface area contributed by atoms with Gasteiger partial charge in [0.15, 0.2) is 9.84 Å². The number of halogens is 1. The van der Waals surface area contributed by atoms with E-state index in [1.807, 2.05) is 0 Å². The Balaban J connectivity index is 3.96. The van der Waals surface area contributed by atoms with Gasteiger partial charge in [0, 0.05) is 18.2 Å². The minimum Gasteiger partial charge on any atom is -0.300 e. The van der Waals surface area contributed by atoms with Crippen molar-refractivity contribution in [3.05, 3.63) is 0 Å². The van der Waals surface area contributed by atoms with E-state index in [-0.39, 0.29) is 11.5 Å². The largest absolute Gasteiger partial charge is 0.300 e. The molecule has 0 atom stereocenters. The standard InChI is InChI=1S/C11H21BrO3S/c1-11(2,3)16(14,15)9-5-7-10(13)6-4-8-12/h4-9H2,1-3H3. The maximum atomic E-state index is 11.7. The van der Waals surface area contributed by atoms with E-state index in [1.54, 1.807) is 20.8 Å². The lowest BCUT2D eigenvalue weighted by molar-refractivity contribution is -0.119. The van der Waals surface area contributed by atoms with Crippen molar-refractivity contribution >= 4 is 31.6 Å². The molecule has 96 valence electrons. The molecule has 0 aliphatic carbocycles. The van der Waals surface area contributed by atoms with Gasteiger partial charge < -0.3 is 0 Å². The summed E-state index contributed by atoms with van der Waals surface area (Å²) in [5.74, 6) is 0.264. The van der Waals surface area contributed by atoms with E-state index < -0.39 is 14.6 Å². The summed E-state index contributed by atoms with van der Waals surface area (Å²) in [5.41, 5.74) is 0. The van der Waals surface area contributed by atoms with Crippen LogP contribution in [0.3, 0.4) is 0 Å². The minimum absolute atomic E-state index is 0.108. The van der Waals surface area contributed by atoms with Crippen LogP contribution in [0, 0.1) is 0 Å². The molecule has 0 unspecified atom stereocenters. The summed E-state index contributed by atoms with van der Waals surface area (Å²) >= 11 is 3.26. The zero-order valence-electron chi connectivity index (χ0n) is 10.3. The van der Waals surface area contributed by atoms with Gasteiger partial charge in [0.25, 0.3) is 0 Å². The van der Waals surface area contributed by atoms with Gasteiger partial charge in [-0.15, -0.1) is 0 Å². The van der Waals surface area contributed by atoms with Crippen molar-refractivity contribution in [3.8, 4) is 0 Å². The normalized spacial score (nSPS) is 12.8. The first-order valence-electron chi connectivity index (χ1n) is 5.50. The first-order valence-corrected chi connectivity index (χ1v) is 8.28. The van der Waals surface area contributed by atoms with E-state index in [9.17, 15) is 13.2 Å². The van der Waals surface area contributed by atoms with Gasteiger partial charge in [-0.3, -0.25) is 4.79 Å². The Morgan fingerprint density at radius 3 is 2.06 bits per heavy atom. The number of hydrogen-bond acceptors (Lipinski definition) is 3. The van der Waals surface area contributed by atoms with Crippen molar-refractivity contribution in [3.63, 3.8) is 0 Å². The summed E-state index contributed by atoms with van der Waals surface area (Å²) in [6.45, 7) is 5.07. The molecule has 0 N–H and O–H groups in total. The molecule has 0 aliphatic heterocycles. The monoisotopic (exact) mass is 312 g/mol. The Hall–Kier alpha value is 0.1000. The van der Waals surface area contributed by atoms with Crippen LogP contribution in [0.15, 0.2) is 0 Å². The predicted molar refractivity (Wildman–Crippen MR) is 70.8 cm³/mol. The molecular weight excluding hydrogens is 292 g/mol. The molecule has 0 fully saturated rings. The highest BCUT2D eigenvalue weighted by molar-refractivity contribution is 9.09. The molecule has 0 radical (unpaired) electrons. The number of Topliss-reactive ketones (excluding diaryl/α,β-unsaturated/α-hetero) is 1. The fourth-order valence-electron chi connectivity index (χ4n) is 1.15. The number of carbonyl (C=O) groups is 1. The fourth-order valence-corrected chi connectivity index (χ4v) is 2.57. The molecule has 0 aromatic rings. The number of ketones is 1. The van der Waals surface area contributed by atoms with Crippen LogP contribution >= 0.6 is 15.9 Å².